The van der Waals surface area contributed by atoms with Gasteiger partial charge in [-0.25, -0.2) is 13.1 Å². The van der Waals surface area contributed by atoms with Gasteiger partial charge in [0.25, 0.3) is 9.05 Å². The minimum Gasteiger partial charge on any atom is -0.220 e. The Bertz CT molecular complexity index is 737. The smallest absolute Gasteiger partial charge is 0.220 e. The Morgan fingerprint density at radius 3 is 2.10 bits per heavy atom. The lowest BCUT2D eigenvalue weighted by molar-refractivity contribution is 0.607. The van der Waals surface area contributed by atoms with E-state index >= 15 is 0 Å². The van der Waals surface area contributed by atoms with E-state index in [4.69, 9.17) is 33.9 Å². The summed E-state index contributed by atoms with van der Waals surface area (Å²) in [5.74, 6) is -0.135. The Hall–Kier alpha value is -0.750. The predicted octanol–water partition coefficient (Wildman–Crippen LogP) is 4.23. The molecule has 0 bridgehead atoms. The second-order valence-electron chi connectivity index (χ2n) is 4.49. The van der Waals surface area contributed by atoms with Gasteiger partial charge in [0.1, 0.15) is 4.90 Å². The summed E-state index contributed by atoms with van der Waals surface area (Å²) >= 11 is 12.0. The minimum atomic E-state index is -3.97. The van der Waals surface area contributed by atoms with Crippen LogP contribution in [0.5, 0.6) is 0 Å². The zero-order valence-corrected chi connectivity index (χ0v) is 13.7. The first-order chi connectivity index (χ1) is 9.21. The van der Waals surface area contributed by atoms with Crippen LogP contribution in [0.25, 0.3) is 5.69 Å². The maximum atomic E-state index is 11.7. The van der Waals surface area contributed by atoms with Crippen LogP contribution in [0.15, 0.2) is 29.2 Å². The molecule has 0 aliphatic carbocycles. The molecule has 0 atom stereocenters. The van der Waals surface area contributed by atoms with Gasteiger partial charge in [0, 0.05) is 15.7 Å². The lowest BCUT2D eigenvalue weighted by Crippen LogP contribution is -1.98. The van der Waals surface area contributed by atoms with Crippen molar-refractivity contribution in [2.24, 2.45) is 0 Å². The number of hydrogen-bond acceptors (Lipinski definition) is 3. The standard InChI is InChI=1S/C12H11Cl3N2O2S/c1-7(2)10-11(20(15,18)19)12(14)17(16-10)9-5-3-8(13)4-6-9/h3-7H,1-2H3. The molecule has 0 aliphatic rings. The summed E-state index contributed by atoms with van der Waals surface area (Å²) in [5, 5.41) is 4.78. The maximum Gasteiger partial charge on any atom is 0.266 e. The Kier molecular flexibility index (Phi) is 4.35. The van der Waals surface area contributed by atoms with Crippen LogP contribution >= 0.6 is 33.9 Å². The van der Waals surface area contributed by atoms with E-state index in [0.29, 0.717) is 16.4 Å². The molecule has 0 saturated carbocycles. The van der Waals surface area contributed by atoms with Crippen molar-refractivity contribution in [1.29, 1.82) is 0 Å². The van der Waals surface area contributed by atoms with Crippen molar-refractivity contribution < 1.29 is 8.42 Å². The van der Waals surface area contributed by atoms with Gasteiger partial charge in [0.2, 0.25) is 0 Å². The summed E-state index contributed by atoms with van der Waals surface area (Å²) < 4.78 is 24.7. The van der Waals surface area contributed by atoms with Gasteiger partial charge >= 0.3 is 0 Å². The van der Waals surface area contributed by atoms with Crippen molar-refractivity contribution in [2.45, 2.75) is 24.7 Å². The fourth-order valence-corrected chi connectivity index (χ4v) is 3.81. The average Bonchev–Trinajstić information content (AvgIpc) is 2.68. The van der Waals surface area contributed by atoms with E-state index in [1.807, 2.05) is 13.8 Å². The molecular weight excluding hydrogens is 343 g/mol. The highest BCUT2D eigenvalue weighted by molar-refractivity contribution is 8.13. The minimum absolute atomic E-state index is 0.0361. The first kappa shape index (κ1) is 15.6. The van der Waals surface area contributed by atoms with Gasteiger partial charge in [-0.15, -0.1) is 0 Å². The molecule has 0 radical (unpaired) electrons. The van der Waals surface area contributed by atoms with E-state index in [1.54, 1.807) is 24.3 Å². The topological polar surface area (TPSA) is 52.0 Å². The van der Waals surface area contributed by atoms with Crippen LogP contribution in [-0.2, 0) is 9.05 Å². The van der Waals surface area contributed by atoms with E-state index in [-0.39, 0.29) is 16.0 Å². The Morgan fingerprint density at radius 2 is 1.70 bits per heavy atom. The molecule has 0 fully saturated rings. The third-order valence-corrected chi connectivity index (χ3v) is 4.74. The van der Waals surface area contributed by atoms with Crippen molar-refractivity contribution in [3.05, 3.63) is 40.1 Å². The van der Waals surface area contributed by atoms with Gasteiger partial charge in [-0.05, 0) is 30.2 Å². The van der Waals surface area contributed by atoms with Gasteiger partial charge in [0.15, 0.2) is 5.15 Å². The maximum absolute atomic E-state index is 11.7. The van der Waals surface area contributed by atoms with Crippen LogP contribution in [0.2, 0.25) is 10.2 Å². The zero-order chi connectivity index (χ0) is 15.1. The highest BCUT2D eigenvalue weighted by Gasteiger charge is 2.28. The first-order valence-corrected chi connectivity index (χ1v) is 8.77. The Labute approximate surface area is 131 Å². The molecule has 0 spiro atoms. The summed E-state index contributed by atoms with van der Waals surface area (Å²) in [4.78, 5) is -0.147. The summed E-state index contributed by atoms with van der Waals surface area (Å²) in [6, 6.07) is 6.71. The molecule has 0 amide bonds. The van der Waals surface area contributed by atoms with E-state index in [0.717, 1.165) is 0 Å². The van der Waals surface area contributed by atoms with Gasteiger partial charge in [-0.1, -0.05) is 37.0 Å². The highest BCUT2D eigenvalue weighted by atomic mass is 35.7. The Morgan fingerprint density at radius 1 is 1.15 bits per heavy atom. The Balaban J connectivity index is 2.71. The number of hydrogen-bond donors (Lipinski definition) is 0. The number of nitrogens with zero attached hydrogens (tertiary/aromatic N) is 2. The number of halogens is 3. The molecule has 20 heavy (non-hydrogen) atoms. The summed E-state index contributed by atoms with van der Waals surface area (Å²) in [6.07, 6.45) is 0. The number of benzene rings is 1. The lowest BCUT2D eigenvalue weighted by atomic mass is 10.1. The van der Waals surface area contributed by atoms with Crippen LogP contribution in [-0.4, -0.2) is 18.2 Å². The quantitative estimate of drug-likeness (QED) is 0.776. The summed E-state index contributed by atoms with van der Waals surface area (Å²) in [7, 11) is 1.48. The summed E-state index contributed by atoms with van der Waals surface area (Å²) in [6.45, 7) is 3.63. The predicted molar refractivity (Wildman–Crippen MR) is 80.7 cm³/mol. The van der Waals surface area contributed by atoms with E-state index in [1.165, 1.54) is 4.68 Å². The summed E-state index contributed by atoms with van der Waals surface area (Å²) in [5.41, 5.74) is 0.938. The van der Waals surface area contributed by atoms with Crippen molar-refractivity contribution in [2.75, 3.05) is 0 Å². The van der Waals surface area contributed by atoms with Crippen LogP contribution in [0.3, 0.4) is 0 Å². The molecular formula is C12H11Cl3N2O2S. The zero-order valence-electron chi connectivity index (χ0n) is 10.6. The van der Waals surface area contributed by atoms with Gasteiger partial charge in [-0.3, -0.25) is 0 Å². The van der Waals surface area contributed by atoms with Gasteiger partial charge < -0.3 is 0 Å². The molecule has 2 aromatic rings. The van der Waals surface area contributed by atoms with Crippen LogP contribution in [0.4, 0.5) is 0 Å². The SMILES string of the molecule is CC(C)c1nn(-c2ccc(Cl)cc2)c(Cl)c1S(=O)(=O)Cl. The van der Waals surface area contributed by atoms with Crippen molar-refractivity contribution in [3.63, 3.8) is 0 Å². The van der Waals surface area contributed by atoms with Crippen molar-refractivity contribution in [3.8, 4) is 5.69 Å². The molecule has 0 N–H and O–H groups in total. The molecule has 0 unspecified atom stereocenters. The monoisotopic (exact) mass is 352 g/mol. The van der Waals surface area contributed by atoms with Crippen LogP contribution < -0.4 is 0 Å². The molecule has 8 heteroatoms. The lowest BCUT2D eigenvalue weighted by Gasteiger charge is -2.03. The molecule has 0 saturated heterocycles. The van der Waals surface area contributed by atoms with E-state index in [2.05, 4.69) is 5.10 Å². The molecule has 1 heterocycles. The van der Waals surface area contributed by atoms with Crippen LogP contribution in [0, 0.1) is 0 Å². The van der Waals surface area contributed by atoms with Gasteiger partial charge in [0.05, 0.1) is 11.4 Å². The third kappa shape index (κ3) is 2.96. The molecule has 1 aromatic carbocycles. The average molecular weight is 354 g/mol. The van der Waals surface area contributed by atoms with Crippen molar-refractivity contribution in [1.82, 2.24) is 9.78 Å². The molecule has 0 aliphatic heterocycles. The van der Waals surface area contributed by atoms with Gasteiger partial charge in [-0.2, -0.15) is 5.10 Å². The third-order valence-electron chi connectivity index (χ3n) is 2.68. The van der Waals surface area contributed by atoms with Crippen molar-refractivity contribution >= 4 is 42.9 Å². The second kappa shape index (κ2) is 5.56. The molecule has 4 nitrogen and oxygen atoms in total. The van der Waals surface area contributed by atoms with Crippen LogP contribution in [0.1, 0.15) is 25.5 Å². The molecule has 2 rings (SSSR count). The number of rotatable bonds is 3. The molecule has 108 valence electrons. The van der Waals surface area contributed by atoms with E-state index in [9.17, 15) is 8.42 Å². The fraction of sp³-hybridized carbons (Fsp3) is 0.250. The highest BCUT2D eigenvalue weighted by Crippen LogP contribution is 2.34. The largest absolute Gasteiger partial charge is 0.266 e. The van der Waals surface area contributed by atoms with E-state index < -0.39 is 9.05 Å². The fourth-order valence-electron chi connectivity index (χ4n) is 1.76. The normalized spacial score (nSPS) is 12.1. The molecule has 1 aromatic heterocycles. The number of aromatic nitrogens is 2. The first-order valence-electron chi connectivity index (χ1n) is 5.71. The second-order valence-corrected chi connectivity index (χ2v) is 7.78.